The summed E-state index contributed by atoms with van der Waals surface area (Å²) < 4.78 is 53.2. The molecule has 1 unspecified atom stereocenters. The lowest BCUT2D eigenvalue weighted by atomic mass is 9.80. The van der Waals surface area contributed by atoms with Crippen molar-refractivity contribution in [2.45, 2.75) is 82.3 Å². The summed E-state index contributed by atoms with van der Waals surface area (Å²) in [6.45, 7) is 7.41. The molecule has 4 rings (SSSR count). The molecule has 3 aromatic rings. The number of methoxy groups -OCH3 is 1. The molecule has 3 atom stereocenters. The number of β-lactam (4-membered cyclic amide) rings is 1. The number of amides is 2. The predicted octanol–water partition coefficient (Wildman–Crippen LogP) is 3.69. The minimum absolute atomic E-state index is 0.160. The van der Waals surface area contributed by atoms with Crippen molar-refractivity contribution in [3.05, 3.63) is 108 Å². The third kappa shape index (κ3) is 10.2. The first-order valence-corrected chi connectivity index (χ1v) is 22.2. The van der Waals surface area contributed by atoms with Gasteiger partial charge < -0.3 is 28.9 Å². The molecule has 1 aliphatic rings. The van der Waals surface area contributed by atoms with Crippen LogP contribution in [0.2, 0.25) is 18.1 Å². The van der Waals surface area contributed by atoms with Crippen molar-refractivity contribution in [3.63, 3.8) is 0 Å². The van der Waals surface area contributed by atoms with Crippen LogP contribution in [0.1, 0.15) is 37.5 Å². The molecular weight excluding hydrogens is 749 g/mol. The largest absolute Gasteiger partial charge is 0.467 e. The molecule has 14 nitrogen and oxygen atoms in total. The molecule has 0 aliphatic carbocycles. The number of rotatable bonds is 17. The van der Waals surface area contributed by atoms with Gasteiger partial charge in [0.2, 0.25) is 11.8 Å². The molecule has 0 spiro atoms. The Morgan fingerprint density at radius 2 is 1.25 bits per heavy atom. The van der Waals surface area contributed by atoms with E-state index in [9.17, 15) is 32.4 Å². The molecule has 1 aliphatic heterocycles. The molecule has 0 aromatic heterocycles. The summed E-state index contributed by atoms with van der Waals surface area (Å²) in [6, 6.07) is 22.5. The molecule has 0 bridgehead atoms. The Balaban J connectivity index is 1.93. The summed E-state index contributed by atoms with van der Waals surface area (Å²) in [7, 11) is -6.37. The molecule has 2 amide bonds. The maximum atomic E-state index is 14.9. The van der Waals surface area contributed by atoms with Crippen molar-refractivity contribution < 1.29 is 55.2 Å². The highest BCUT2D eigenvalue weighted by Crippen LogP contribution is 2.43. The molecule has 1 heterocycles. The number of nitrogens with one attached hydrogen (secondary N) is 1. The first-order chi connectivity index (χ1) is 25.8. The average molecular weight is 797 g/mol. The highest BCUT2D eigenvalue weighted by molar-refractivity contribution is 7.86. The van der Waals surface area contributed by atoms with Crippen LogP contribution in [0, 0.1) is 0 Å². The van der Waals surface area contributed by atoms with Gasteiger partial charge in [-0.15, -0.1) is 0 Å². The minimum atomic E-state index is -4.20. The maximum Gasteiger partial charge on any atom is 0.347 e. The van der Waals surface area contributed by atoms with Gasteiger partial charge in [-0.05, 0) is 34.8 Å². The van der Waals surface area contributed by atoms with E-state index in [1.807, 2.05) is 20.8 Å². The van der Waals surface area contributed by atoms with E-state index in [4.69, 9.17) is 22.8 Å². The Kier molecular flexibility index (Phi) is 13.8. The zero-order chi connectivity index (χ0) is 40.6. The van der Waals surface area contributed by atoms with E-state index in [1.165, 1.54) is 0 Å². The smallest absolute Gasteiger partial charge is 0.347 e. The molecule has 0 saturated carbocycles. The summed E-state index contributed by atoms with van der Waals surface area (Å²) >= 11 is 0. The quantitative estimate of drug-likeness (QED) is 0.0524. The summed E-state index contributed by atoms with van der Waals surface area (Å²) in [5, 5.41) is 1.97. The molecule has 1 N–H and O–H groups in total. The first-order valence-electron chi connectivity index (χ1n) is 17.5. The van der Waals surface area contributed by atoms with Gasteiger partial charge in [-0.25, -0.2) is 14.4 Å². The molecule has 1 fully saturated rings. The fourth-order valence-corrected chi connectivity index (χ4v) is 7.27. The predicted molar refractivity (Wildman–Crippen MR) is 203 cm³/mol. The molecule has 1 saturated heterocycles. The van der Waals surface area contributed by atoms with Crippen LogP contribution in [0.4, 0.5) is 0 Å². The van der Waals surface area contributed by atoms with Crippen molar-refractivity contribution in [1.29, 1.82) is 0 Å². The summed E-state index contributed by atoms with van der Waals surface area (Å²) in [6.07, 6.45) is -1.59. The van der Waals surface area contributed by atoms with Gasteiger partial charge in [0.25, 0.3) is 15.7 Å². The number of carbonyl (C=O) groups is 5. The van der Waals surface area contributed by atoms with Crippen LogP contribution >= 0.6 is 0 Å². The van der Waals surface area contributed by atoms with Crippen molar-refractivity contribution in [1.82, 2.24) is 10.2 Å². The van der Waals surface area contributed by atoms with Crippen LogP contribution in [0.15, 0.2) is 91.0 Å². The first kappa shape index (κ1) is 42.8. The second-order valence-electron chi connectivity index (χ2n) is 14.6. The third-order valence-corrected chi connectivity index (χ3v) is 14.6. The number of carbonyl (C=O) groups excluding carboxylic acids is 5. The Morgan fingerprint density at radius 3 is 1.67 bits per heavy atom. The van der Waals surface area contributed by atoms with Gasteiger partial charge in [-0.2, -0.15) is 8.42 Å². The lowest BCUT2D eigenvalue weighted by Crippen LogP contribution is -2.85. The van der Waals surface area contributed by atoms with Crippen molar-refractivity contribution >= 4 is 48.2 Å². The van der Waals surface area contributed by atoms with Gasteiger partial charge in [0, 0.05) is 0 Å². The number of benzene rings is 3. The SMILES string of the molecule is COC(=O)C(O[Si](C)(C)C(C)(C)C)C(C(=O)OCc1ccccc1)(C(=O)OCc1ccccc1)N1C(=O)[C@@H](NC(=O)Cc2ccccc2)[C@H]1COS(C)(=O)=O. The second-order valence-corrected chi connectivity index (χ2v) is 21.0. The molecular formula is C39H48N2O12SSi. The van der Waals surface area contributed by atoms with E-state index < -0.39 is 96.7 Å². The Labute approximate surface area is 322 Å². The number of hydrogen-bond donors (Lipinski definition) is 1. The van der Waals surface area contributed by atoms with Gasteiger partial charge in [-0.1, -0.05) is 112 Å². The highest BCUT2D eigenvalue weighted by Gasteiger charge is 2.72. The fourth-order valence-electron chi connectivity index (χ4n) is 5.68. The van der Waals surface area contributed by atoms with Crippen LogP contribution in [0.25, 0.3) is 0 Å². The number of likely N-dealkylation sites (tertiary alicyclic amines) is 1. The summed E-state index contributed by atoms with van der Waals surface area (Å²) in [5.74, 6) is -5.72. The maximum absolute atomic E-state index is 14.9. The second kappa shape index (κ2) is 17.7. The van der Waals surface area contributed by atoms with Crippen LogP contribution < -0.4 is 5.32 Å². The lowest BCUT2D eigenvalue weighted by molar-refractivity contribution is -0.209. The van der Waals surface area contributed by atoms with Crippen LogP contribution in [-0.4, -0.2) is 95.1 Å². The van der Waals surface area contributed by atoms with E-state index in [-0.39, 0.29) is 6.42 Å². The Morgan fingerprint density at radius 1 is 0.800 bits per heavy atom. The molecule has 16 heteroatoms. The van der Waals surface area contributed by atoms with E-state index >= 15 is 0 Å². The van der Waals surface area contributed by atoms with E-state index in [0.717, 1.165) is 13.4 Å². The van der Waals surface area contributed by atoms with E-state index in [2.05, 4.69) is 5.32 Å². The van der Waals surface area contributed by atoms with Gasteiger partial charge in [-0.3, -0.25) is 13.8 Å². The van der Waals surface area contributed by atoms with Crippen LogP contribution in [0.3, 0.4) is 0 Å². The van der Waals surface area contributed by atoms with Crippen molar-refractivity contribution in [3.8, 4) is 0 Å². The lowest BCUT2D eigenvalue weighted by Gasteiger charge is -2.55. The van der Waals surface area contributed by atoms with Crippen LogP contribution in [0.5, 0.6) is 0 Å². The zero-order valence-corrected chi connectivity index (χ0v) is 33.8. The molecule has 0 radical (unpaired) electrons. The number of esters is 3. The van der Waals surface area contributed by atoms with Gasteiger partial charge in [0.15, 0.2) is 14.4 Å². The molecule has 55 heavy (non-hydrogen) atoms. The summed E-state index contributed by atoms with van der Waals surface area (Å²) in [4.78, 5) is 72.5. The van der Waals surface area contributed by atoms with Gasteiger partial charge >= 0.3 is 17.9 Å². The topological polar surface area (TPSA) is 181 Å². The Hall–Kier alpha value is -4.90. The van der Waals surface area contributed by atoms with E-state index in [1.54, 1.807) is 104 Å². The molecule has 3 aromatic carbocycles. The normalized spacial score (nSPS) is 16.7. The molecule has 296 valence electrons. The summed E-state index contributed by atoms with van der Waals surface area (Å²) in [5.41, 5.74) is -1.47. The van der Waals surface area contributed by atoms with Gasteiger partial charge in [0.05, 0.1) is 32.4 Å². The van der Waals surface area contributed by atoms with Crippen molar-refractivity contribution in [2.75, 3.05) is 20.0 Å². The highest BCUT2D eigenvalue weighted by atomic mass is 32.2. The number of nitrogens with zero attached hydrogens (tertiary/aromatic N) is 1. The number of hydrogen-bond acceptors (Lipinski definition) is 12. The zero-order valence-electron chi connectivity index (χ0n) is 32.0. The fraction of sp³-hybridized carbons (Fsp3) is 0.410. The standard InChI is InChI=1S/C39H48N2O12SSi/c1-38(2,3)55(6,7)53-33(35(44)49-4)39(36(45)50-24-28-19-13-9-14-20-28,37(46)51-25-29-21-15-10-16-22-29)41-30(26-52-54(5,47)48)32(34(41)43)40-31(42)23-27-17-11-8-12-18-27/h8-22,30,32-33H,23-26H2,1-7H3,(H,40,42)/t30-,32+,33?/m1/s1. The van der Waals surface area contributed by atoms with Crippen LogP contribution in [-0.2, 0) is 76.5 Å². The monoisotopic (exact) mass is 796 g/mol. The van der Waals surface area contributed by atoms with E-state index in [0.29, 0.717) is 21.6 Å². The minimum Gasteiger partial charge on any atom is -0.467 e. The van der Waals surface area contributed by atoms with Crippen molar-refractivity contribution in [2.24, 2.45) is 0 Å². The van der Waals surface area contributed by atoms with Gasteiger partial charge in [0.1, 0.15) is 19.3 Å². The number of ether oxygens (including phenoxy) is 3. The third-order valence-electron chi connectivity index (χ3n) is 9.64. The average Bonchev–Trinajstić information content (AvgIpc) is 3.14. The Bertz CT molecular complexity index is 1880.